The lowest BCUT2D eigenvalue weighted by molar-refractivity contribution is 0.0707. The quantitative estimate of drug-likeness (QED) is 0.568. The highest BCUT2D eigenvalue weighted by atomic mass is 35.5. The van der Waals surface area contributed by atoms with E-state index in [2.05, 4.69) is 29.6 Å². The van der Waals surface area contributed by atoms with Gasteiger partial charge in [0.25, 0.3) is 5.91 Å². The normalized spacial score (nSPS) is 16.4. The molecule has 1 amide bonds. The average molecular weight is 405 g/mol. The molecule has 3 aromatic carbocycles. The highest BCUT2D eigenvalue weighted by Gasteiger charge is 2.25. The van der Waals surface area contributed by atoms with Crippen molar-refractivity contribution in [2.45, 2.75) is 25.3 Å². The Balaban J connectivity index is 1.36. The standard InChI is InChI=1S/C25H25ClN2O/c26-23-12-8-19(9-13-23)17-27-24-14-10-21(11-15-24)25(29)28-16-4-7-22(18-28)20-5-2-1-3-6-20/h1-3,5-6,8-15,22,27H,4,7,16-18H2. The summed E-state index contributed by atoms with van der Waals surface area (Å²) in [6.45, 7) is 2.34. The third kappa shape index (κ3) is 4.99. The summed E-state index contributed by atoms with van der Waals surface area (Å²) in [5.41, 5.74) is 4.23. The Bertz CT molecular complexity index is 939. The molecule has 3 nitrogen and oxygen atoms in total. The maximum atomic E-state index is 13.0. The molecule has 3 aromatic rings. The zero-order chi connectivity index (χ0) is 20.1. The van der Waals surface area contributed by atoms with Crippen LogP contribution in [-0.4, -0.2) is 23.9 Å². The van der Waals surface area contributed by atoms with Crippen molar-refractivity contribution in [3.05, 3.63) is 101 Å². The molecule has 1 aliphatic rings. The number of halogens is 1. The lowest BCUT2D eigenvalue weighted by Crippen LogP contribution is -2.39. The highest BCUT2D eigenvalue weighted by Crippen LogP contribution is 2.27. The molecule has 1 aliphatic heterocycles. The molecule has 148 valence electrons. The van der Waals surface area contributed by atoms with Crippen LogP contribution in [-0.2, 0) is 6.54 Å². The molecule has 1 fully saturated rings. The van der Waals surface area contributed by atoms with Crippen molar-refractivity contribution in [3.8, 4) is 0 Å². The molecule has 0 spiro atoms. The van der Waals surface area contributed by atoms with Gasteiger partial charge in [-0.3, -0.25) is 4.79 Å². The number of nitrogens with zero attached hydrogens (tertiary/aromatic N) is 1. The van der Waals surface area contributed by atoms with Crippen molar-refractivity contribution in [1.82, 2.24) is 4.90 Å². The SMILES string of the molecule is O=C(c1ccc(NCc2ccc(Cl)cc2)cc1)N1CCCC(c2ccccc2)C1. The molecule has 4 heteroatoms. The fourth-order valence-electron chi connectivity index (χ4n) is 3.88. The molecule has 4 rings (SSSR count). The van der Waals surface area contributed by atoms with Gasteiger partial charge in [0.1, 0.15) is 0 Å². The lowest BCUT2D eigenvalue weighted by atomic mass is 9.90. The fourth-order valence-corrected chi connectivity index (χ4v) is 4.00. The zero-order valence-corrected chi connectivity index (χ0v) is 17.1. The molecule has 1 N–H and O–H groups in total. The van der Waals surface area contributed by atoms with Gasteiger partial charge < -0.3 is 10.2 Å². The highest BCUT2D eigenvalue weighted by molar-refractivity contribution is 6.30. The number of anilines is 1. The molecular formula is C25H25ClN2O. The molecule has 0 saturated carbocycles. The van der Waals surface area contributed by atoms with E-state index in [0.29, 0.717) is 5.92 Å². The van der Waals surface area contributed by atoms with Gasteiger partial charge in [-0.2, -0.15) is 0 Å². The number of benzene rings is 3. The number of hydrogen-bond donors (Lipinski definition) is 1. The van der Waals surface area contributed by atoms with Gasteiger partial charge in [-0.15, -0.1) is 0 Å². The number of nitrogens with one attached hydrogen (secondary N) is 1. The Hall–Kier alpha value is -2.78. The van der Waals surface area contributed by atoms with Crippen LogP contribution in [0.1, 0.15) is 40.2 Å². The first-order valence-corrected chi connectivity index (χ1v) is 10.5. The summed E-state index contributed by atoms with van der Waals surface area (Å²) in [7, 11) is 0. The average Bonchev–Trinajstić information content (AvgIpc) is 2.79. The van der Waals surface area contributed by atoms with Gasteiger partial charge in [0, 0.05) is 41.8 Å². The minimum absolute atomic E-state index is 0.120. The molecule has 1 saturated heterocycles. The van der Waals surface area contributed by atoms with E-state index in [9.17, 15) is 4.79 Å². The van der Waals surface area contributed by atoms with Gasteiger partial charge in [0.2, 0.25) is 0 Å². The van der Waals surface area contributed by atoms with Crippen LogP contribution in [0, 0.1) is 0 Å². The number of piperidine rings is 1. The molecule has 1 heterocycles. The molecule has 0 aliphatic carbocycles. The Morgan fingerprint density at radius 2 is 1.69 bits per heavy atom. The maximum Gasteiger partial charge on any atom is 0.253 e. The number of amides is 1. The molecule has 1 atom stereocenters. The van der Waals surface area contributed by atoms with E-state index in [1.54, 1.807) is 0 Å². The van der Waals surface area contributed by atoms with Gasteiger partial charge in [-0.05, 0) is 60.4 Å². The third-order valence-electron chi connectivity index (χ3n) is 5.52. The van der Waals surface area contributed by atoms with Gasteiger partial charge in [-0.1, -0.05) is 54.1 Å². The van der Waals surface area contributed by atoms with Crippen LogP contribution in [0.3, 0.4) is 0 Å². The number of likely N-dealkylation sites (tertiary alicyclic amines) is 1. The Morgan fingerprint density at radius 3 is 2.41 bits per heavy atom. The van der Waals surface area contributed by atoms with Crippen molar-refractivity contribution in [2.24, 2.45) is 0 Å². The first-order valence-electron chi connectivity index (χ1n) is 10.1. The largest absolute Gasteiger partial charge is 0.381 e. The first-order chi connectivity index (χ1) is 14.2. The van der Waals surface area contributed by atoms with Crippen LogP contribution in [0.4, 0.5) is 5.69 Å². The smallest absolute Gasteiger partial charge is 0.253 e. The zero-order valence-electron chi connectivity index (χ0n) is 16.4. The summed E-state index contributed by atoms with van der Waals surface area (Å²) in [5.74, 6) is 0.545. The van der Waals surface area contributed by atoms with Crippen LogP contribution in [0.5, 0.6) is 0 Å². The molecular weight excluding hydrogens is 380 g/mol. The summed E-state index contributed by atoms with van der Waals surface area (Å²) in [4.78, 5) is 15.0. The minimum atomic E-state index is 0.120. The number of rotatable bonds is 5. The summed E-state index contributed by atoms with van der Waals surface area (Å²) < 4.78 is 0. The van der Waals surface area contributed by atoms with Crippen LogP contribution in [0.15, 0.2) is 78.9 Å². The number of carbonyl (C=O) groups is 1. The van der Waals surface area contributed by atoms with Crippen LogP contribution < -0.4 is 5.32 Å². The van der Waals surface area contributed by atoms with Crippen molar-refractivity contribution < 1.29 is 4.79 Å². The Labute approximate surface area is 177 Å². The van der Waals surface area contributed by atoms with Crippen molar-refractivity contribution in [1.29, 1.82) is 0 Å². The molecule has 1 unspecified atom stereocenters. The predicted molar refractivity (Wildman–Crippen MR) is 120 cm³/mol. The van der Waals surface area contributed by atoms with Gasteiger partial charge in [0.05, 0.1) is 0 Å². The van der Waals surface area contributed by atoms with Crippen molar-refractivity contribution in [3.63, 3.8) is 0 Å². The molecule has 0 radical (unpaired) electrons. The second-order valence-corrected chi connectivity index (χ2v) is 7.99. The molecule has 0 bridgehead atoms. The summed E-state index contributed by atoms with van der Waals surface area (Å²) in [5, 5.41) is 4.13. The summed E-state index contributed by atoms with van der Waals surface area (Å²) in [6, 6.07) is 26.1. The van der Waals surface area contributed by atoms with E-state index in [0.717, 1.165) is 54.3 Å². The van der Waals surface area contributed by atoms with Crippen LogP contribution in [0.25, 0.3) is 0 Å². The predicted octanol–water partition coefficient (Wildman–Crippen LogP) is 5.97. The Morgan fingerprint density at radius 1 is 0.966 bits per heavy atom. The van der Waals surface area contributed by atoms with Gasteiger partial charge >= 0.3 is 0 Å². The minimum Gasteiger partial charge on any atom is -0.381 e. The monoisotopic (exact) mass is 404 g/mol. The Kier molecular flexibility index (Phi) is 6.16. The van der Waals surface area contributed by atoms with E-state index in [1.165, 1.54) is 5.56 Å². The first kappa shape index (κ1) is 19.5. The van der Waals surface area contributed by atoms with Crippen LogP contribution >= 0.6 is 11.6 Å². The van der Waals surface area contributed by atoms with Crippen LogP contribution in [0.2, 0.25) is 5.02 Å². The second-order valence-electron chi connectivity index (χ2n) is 7.56. The topological polar surface area (TPSA) is 32.3 Å². The van der Waals surface area contributed by atoms with E-state index >= 15 is 0 Å². The van der Waals surface area contributed by atoms with Crippen molar-refractivity contribution >= 4 is 23.2 Å². The van der Waals surface area contributed by atoms with E-state index < -0.39 is 0 Å². The fraction of sp³-hybridized carbons (Fsp3) is 0.240. The van der Waals surface area contributed by atoms with Gasteiger partial charge in [0.15, 0.2) is 0 Å². The maximum absolute atomic E-state index is 13.0. The van der Waals surface area contributed by atoms with Crippen molar-refractivity contribution in [2.75, 3.05) is 18.4 Å². The van der Waals surface area contributed by atoms with E-state index in [4.69, 9.17) is 11.6 Å². The number of hydrogen-bond acceptors (Lipinski definition) is 2. The van der Waals surface area contributed by atoms with E-state index in [1.807, 2.05) is 59.5 Å². The van der Waals surface area contributed by atoms with Gasteiger partial charge in [-0.25, -0.2) is 0 Å². The number of carbonyl (C=O) groups excluding carboxylic acids is 1. The molecule has 0 aromatic heterocycles. The summed E-state index contributed by atoms with van der Waals surface area (Å²) >= 11 is 5.93. The molecule has 29 heavy (non-hydrogen) atoms. The summed E-state index contributed by atoms with van der Waals surface area (Å²) in [6.07, 6.45) is 2.19. The third-order valence-corrected chi connectivity index (χ3v) is 5.77. The lowest BCUT2D eigenvalue weighted by Gasteiger charge is -2.33. The van der Waals surface area contributed by atoms with E-state index in [-0.39, 0.29) is 5.91 Å². The second kappa shape index (κ2) is 9.15.